The summed E-state index contributed by atoms with van der Waals surface area (Å²) in [4.78, 5) is 31.1. The van der Waals surface area contributed by atoms with Gasteiger partial charge in [0, 0.05) is 56.6 Å². The lowest BCUT2D eigenvalue weighted by Crippen LogP contribution is -2.26. The molecule has 0 unspecified atom stereocenters. The van der Waals surface area contributed by atoms with Crippen LogP contribution in [0.3, 0.4) is 0 Å². The Hall–Kier alpha value is -4.80. The minimum atomic E-state index is -0.372. The van der Waals surface area contributed by atoms with Crippen molar-refractivity contribution in [1.29, 1.82) is 0 Å². The molecule has 1 aromatic carbocycles. The SMILES string of the molecule is Cn1cc(CNC(=O)c2c(NC(=O)c3cc(-c4cnn(C)c4)nc4ccccc34)cnn2C)cn1. The summed E-state index contributed by atoms with van der Waals surface area (Å²) in [5, 5.41) is 18.9. The van der Waals surface area contributed by atoms with Crippen molar-refractivity contribution < 1.29 is 9.59 Å². The Kier molecular flexibility index (Phi) is 5.57. The zero-order valence-corrected chi connectivity index (χ0v) is 19.4. The van der Waals surface area contributed by atoms with E-state index in [0.29, 0.717) is 34.4 Å². The quantitative estimate of drug-likeness (QED) is 0.393. The summed E-state index contributed by atoms with van der Waals surface area (Å²) in [5.41, 5.74) is 3.95. The standard InChI is InChI=1S/C24H23N9O2/c1-31-13-15(10-26-31)9-25-24(35)22-21(12-28-33(22)3)30-23(34)18-8-20(16-11-27-32(2)14-16)29-19-7-5-4-6-17(18)19/h4-8,10-14H,9H2,1-3H3,(H,25,35)(H,30,34). The number of nitrogens with zero attached hydrogens (tertiary/aromatic N) is 7. The van der Waals surface area contributed by atoms with Crippen LogP contribution < -0.4 is 10.6 Å². The second kappa shape index (κ2) is 8.86. The number of benzene rings is 1. The van der Waals surface area contributed by atoms with Crippen molar-refractivity contribution in [3.63, 3.8) is 0 Å². The lowest BCUT2D eigenvalue weighted by atomic mass is 10.0. The highest BCUT2D eigenvalue weighted by molar-refractivity contribution is 6.14. The van der Waals surface area contributed by atoms with Crippen LogP contribution in [-0.4, -0.2) is 46.1 Å². The molecule has 0 radical (unpaired) electrons. The number of amides is 2. The molecule has 0 atom stereocenters. The molecule has 0 saturated heterocycles. The largest absolute Gasteiger partial charge is 0.346 e. The third kappa shape index (κ3) is 4.38. The first-order valence-electron chi connectivity index (χ1n) is 10.9. The van der Waals surface area contributed by atoms with Gasteiger partial charge in [-0.3, -0.25) is 23.6 Å². The van der Waals surface area contributed by atoms with Gasteiger partial charge in [-0.05, 0) is 12.1 Å². The average Bonchev–Trinajstić information content (AvgIpc) is 3.57. The minimum Gasteiger partial charge on any atom is -0.346 e. The predicted molar refractivity (Wildman–Crippen MR) is 129 cm³/mol. The Morgan fingerprint density at radius 2 is 1.69 bits per heavy atom. The molecule has 0 fully saturated rings. The maximum absolute atomic E-state index is 13.4. The lowest BCUT2D eigenvalue weighted by Gasteiger charge is -2.11. The molecule has 176 valence electrons. The highest BCUT2D eigenvalue weighted by Gasteiger charge is 2.21. The normalized spacial score (nSPS) is 11.1. The number of hydrogen-bond donors (Lipinski definition) is 2. The van der Waals surface area contributed by atoms with Crippen molar-refractivity contribution >= 4 is 28.4 Å². The number of para-hydroxylation sites is 1. The van der Waals surface area contributed by atoms with Crippen LogP contribution in [0, 0.1) is 0 Å². The third-order valence-corrected chi connectivity index (χ3v) is 5.57. The van der Waals surface area contributed by atoms with Gasteiger partial charge in [0.05, 0.1) is 41.1 Å². The number of aryl methyl sites for hydroxylation is 3. The smallest absolute Gasteiger partial charge is 0.271 e. The van der Waals surface area contributed by atoms with Crippen LogP contribution >= 0.6 is 0 Å². The maximum Gasteiger partial charge on any atom is 0.271 e. The van der Waals surface area contributed by atoms with Crippen LogP contribution in [-0.2, 0) is 27.7 Å². The highest BCUT2D eigenvalue weighted by atomic mass is 16.2. The van der Waals surface area contributed by atoms with E-state index in [4.69, 9.17) is 4.98 Å². The second-order valence-corrected chi connectivity index (χ2v) is 8.16. The van der Waals surface area contributed by atoms with E-state index in [0.717, 1.165) is 11.1 Å². The van der Waals surface area contributed by atoms with Crippen molar-refractivity contribution in [1.82, 2.24) is 39.6 Å². The third-order valence-electron chi connectivity index (χ3n) is 5.57. The molecule has 4 heterocycles. The summed E-state index contributed by atoms with van der Waals surface area (Å²) < 4.78 is 4.77. The molecule has 11 heteroatoms. The average molecular weight is 470 g/mol. The van der Waals surface area contributed by atoms with Gasteiger partial charge < -0.3 is 10.6 Å². The van der Waals surface area contributed by atoms with E-state index >= 15 is 0 Å². The van der Waals surface area contributed by atoms with Crippen LogP contribution in [0.5, 0.6) is 0 Å². The summed E-state index contributed by atoms with van der Waals surface area (Å²) in [6, 6.07) is 9.15. The first-order valence-corrected chi connectivity index (χ1v) is 10.9. The first kappa shape index (κ1) is 22.0. The predicted octanol–water partition coefficient (Wildman–Crippen LogP) is 2.28. The molecule has 5 rings (SSSR count). The number of carbonyl (C=O) groups is 2. The molecular formula is C24H23N9O2. The second-order valence-electron chi connectivity index (χ2n) is 8.16. The van der Waals surface area contributed by atoms with Gasteiger partial charge in [0.1, 0.15) is 5.69 Å². The molecule has 4 aromatic heterocycles. The van der Waals surface area contributed by atoms with E-state index in [9.17, 15) is 9.59 Å². The number of anilines is 1. The zero-order valence-electron chi connectivity index (χ0n) is 19.4. The fraction of sp³-hybridized carbons (Fsp3) is 0.167. The van der Waals surface area contributed by atoms with Gasteiger partial charge in [-0.1, -0.05) is 18.2 Å². The minimum absolute atomic E-state index is 0.244. The molecule has 0 aliphatic rings. The monoisotopic (exact) mass is 469 g/mol. The number of fused-ring (bicyclic) bond motifs is 1. The van der Waals surface area contributed by atoms with Gasteiger partial charge in [-0.25, -0.2) is 4.98 Å². The van der Waals surface area contributed by atoms with E-state index in [1.165, 1.54) is 10.9 Å². The fourth-order valence-corrected chi connectivity index (χ4v) is 3.88. The molecular weight excluding hydrogens is 446 g/mol. The van der Waals surface area contributed by atoms with Crippen molar-refractivity contribution in [2.45, 2.75) is 6.54 Å². The molecule has 5 aromatic rings. The summed E-state index contributed by atoms with van der Waals surface area (Å²) in [7, 11) is 5.28. The van der Waals surface area contributed by atoms with Crippen molar-refractivity contribution in [2.24, 2.45) is 21.1 Å². The Morgan fingerprint density at radius 1 is 0.914 bits per heavy atom. The van der Waals surface area contributed by atoms with Gasteiger partial charge in [0.25, 0.3) is 11.8 Å². The molecule has 0 saturated carbocycles. The molecule has 0 aliphatic carbocycles. The van der Waals surface area contributed by atoms with Crippen LogP contribution in [0.1, 0.15) is 26.4 Å². The zero-order chi connectivity index (χ0) is 24.5. The number of pyridine rings is 1. The van der Waals surface area contributed by atoms with Crippen LogP contribution in [0.25, 0.3) is 22.2 Å². The fourth-order valence-electron chi connectivity index (χ4n) is 3.88. The first-order chi connectivity index (χ1) is 16.9. The summed E-state index contributed by atoms with van der Waals surface area (Å²) in [5.74, 6) is -0.733. The maximum atomic E-state index is 13.4. The van der Waals surface area contributed by atoms with E-state index in [2.05, 4.69) is 25.9 Å². The van der Waals surface area contributed by atoms with Gasteiger partial charge in [0.15, 0.2) is 0 Å². The molecule has 2 amide bonds. The van der Waals surface area contributed by atoms with Gasteiger partial charge in [0.2, 0.25) is 0 Å². The van der Waals surface area contributed by atoms with Crippen molar-refractivity contribution in [3.8, 4) is 11.3 Å². The van der Waals surface area contributed by atoms with E-state index in [1.54, 1.807) is 34.9 Å². The summed E-state index contributed by atoms with van der Waals surface area (Å²) in [6.45, 7) is 0.300. The van der Waals surface area contributed by atoms with E-state index in [-0.39, 0.29) is 17.5 Å². The van der Waals surface area contributed by atoms with Gasteiger partial charge in [-0.2, -0.15) is 15.3 Å². The van der Waals surface area contributed by atoms with Crippen molar-refractivity contribution in [3.05, 3.63) is 78.1 Å². The van der Waals surface area contributed by atoms with Crippen LogP contribution in [0.15, 0.2) is 61.3 Å². The number of rotatable bonds is 6. The van der Waals surface area contributed by atoms with E-state index in [1.807, 2.05) is 50.8 Å². The highest BCUT2D eigenvalue weighted by Crippen LogP contribution is 2.26. The van der Waals surface area contributed by atoms with E-state index < -0.39 is 0 Å². The molecule has 2 N–H and O–H groups in total. The molecule has 0 spiro atoms. The Balaban J connectivity index is 1.44. The molecule has 11 nitrogen and oxygen atoms in total. The number of hydrogen-bond acceptors (Lipinski definition) is 6. The number of aromatic nitrogens is 7. The molecule has 35 heavy (non-hydrogen) atoms. The van der Waals surface area contributed by atoms with Crippen molar-refractivity contribution in [2.75, 3.05) is 5.32 Å². The van der Waals surface area contributed by atoms with Gasteiger partial charge >= 0.3 is 0 Å². The molecule has 0 aliphatic heterocycles. The Morgan fingerprint density at radius 3 is 2.43 bits per heavy atom. The molecule has 0 bridgehead atoms. The topological polar surface area (TPSA) is 125 Å². The van der Waals surface area contributed by atoms with Gasteiger partial charge in [-0.15, -0.1) is 0 Å². The van der Waals surface area contributed by atoms with Crippen LogP contribution in [0.4, 0.5) is 5.69 Å². The lowest BCUT2D eigenvalue weighted by molar-refractivity contribution is 0.0942. The summed E-state index contributed by atoms with van der Waals surface area (Å²) in [6.07, 6.45) is 8.50. The van der Waals surface area contributed by atoms with Crippen LogP contribution in [0.2, 0.25) is 0 Å². The number of carbonyl (C=O) groups excluding carboxylic acids is 2. The number of nitrogens with one attached hydrogen (secondary N) is 2. The Labute approximate surface area is 200 Å². The summed E-state index contributed by atoms with van der Waals surface area (Å²) >= 11 is 0. The Bertz CT molecular complexity index is 1560.